The standard InChI is InChI=1S/C23H20N6O5S/c30-23(18-8-9-19(35-18)29(31)32)27-21-15-11-24-28(14-4-2-1-3-5-14)22(15)26-20(25-21)13-6-7-16-17(10-13)34-12-33-16/h6-11,14H,1-5,12H2,(H,25,26,27,30). The topological polar surface area (TPSA) is 134 Å². The van der Waals surface area contributed by atoms with E-state index in [1.165, 1.54) is 18.6 Å². The number of nitrogens with zero attached hydrogens (tertiary/aromatic N) is 5. The van der Waals surface area contributed by atoms with E-state index in [1.807, 2.05) is 10.7 Å². The van der Waals surface area contributed by atoms with E-state index in [-0.39, 0.29) is 22.7 Å². The van der Waals surface area contributed by atoms with Crippen LogP contribution in [-0.2, 0) is 0 Å². The number of thiophene rings is 1. The van der Waals surface area contributed by atoms with Gasteiger partial charge in [-0.1, -0.05) is 30.6 Å². The molecule has 6 rings (SSSR count). The van der Waals surface area contributed by atoms with Crippen LogP contribution in [0, 0.1) is 10.1 Å². The van der Waals surface area contributed by atoms with Gasteiger partial charge in [-0.2, -0.15) is 5.10 Å². The molecular weight excluding hydrogens is 472 g/mol. The van der Waals surface area contributed by atoms with Gasteiger partial charge in [0.25, 0.3) is 5.91 Å². The summed E-state index contributed by atoms with van der Waals surface area (Å²) in [5.74, 6) is 1.47. The van der Waals surface area contributed by atoms with Crippen molar-refractivity contribution >= 4 is 39.1 Å². The highest BCUT2D eigenvalue weighted by Gasteiger charge is 2.24. The van der Waals surface area contributed by atoms with Crippen LogP contribution in [-0.4, -0.2) is 37.4 Å². The monoisotopic (exact) mass is 492 g/mol. The molecule has 3 aromatic heterocycles. The zero-order chi connectivity index (χ0) is 23.9. The summed E-state index contributed by atoms with van der Waals surface area (Å²) in [4.78, 5) is 33.2. The average Bonchev–Trinajstić information content (AvgIpc) is 3.63. The minimum Gasteiger partial charge on any atom is -0.454 e. The lowest BCUT2D eigenvalue weighted by molar-refractivity contribution is -0.380. The number of aromatic nitrogens is 4. The lowest BCUT2D eigenvalue weighted by Gasteiger charge is -2.22. The van der Waals surface area contributed by atoms with Gasteiger partial charge < -0.3 is 14.8 Å². The Kier molecular flexibility index (Phi) is 5.29. The normalized spacial score (nSPS) is 15.4. The summed E-state index contributed by atoms with van der Waals surface area (Å²) in [7, 11) is 0. The molecule has 1 saturated carbocycles. The van der Waals surface area contributed by atoms with Gasteiger partial charge in [-0.15, -0.1) is 0 Å². The minimum absolute atomic E-state index is 0.103. The maximum Gasteiger partial charge on any atom is 0.324 e. The third kappa shape index (κ3) is 3.95. The van der Waals surface area contributed by atoms with E-state index < -0.39 is 10.8 Å². The number of rotatable bonds is 5. The molecule has 4 heterocycles. The van der Waals surface area contributed by atoms with Crippen molar-refractivity contribution in [2.75, 3.05) is 12.1 Å². The Bertz CT molecular complexity index is 1460. The zero-order valence-electron chi connectivity index (χ0n) is 18.5. The van der Waals surface area contributed by atoms with Crippen molar-refractivity contribution in [2.24, 2.45) is 0 Å². The molecule has 0 atom stereocenters. The van der Waals surface area contributed by atoms with Crippen LogP contribution in [0.4, 0.5) is 10.8 Å². The molecule has 0 unspecified atom stereocenters. The maximum atomic E-state index is 13.0. The fourth-order valence-electron chi connectivity index (χ4n) is 4.50. The number of hydrogen-bond acceptors (Lipinski definition) is 9. The molecule has 0 radical (unpaired) electrons. The fourth-order valence-corrected chi connectivity index (χ4v) is 5.21. The highest BCUT2D eigenvalue weighted by atomic mass is 32.1. The van der Waals surface area contributed by atoms with Gasteiger partial charge in [0.05, 0.1) is 27.4 Å². The number of hydrogen-bond donors (Lipinski definition) is 1. The molecule has 35 heavy (non-hydrogen) atoms. The minimum atomic E-state index is -0.518. The van der Waals surface area contributed by atoms with E-state index in [9.17, 15) is 14.9 Å². The van der Waals surface area contributed by atoms with E-state index in [2.05, 4.69) is 15.4 Å². The number of nitrogens with one attached hydrogen (secondary N) is 1. The summed E-state index contributed by atoms with van der Waals surface area (Å²) in [5, 5.41) is 19.0. The van der Waals surface area contributed by atoms with Gasteiger partial charge in [0.1, 0.15) is 5.82 Å². The summed E-state index contributed by atoms with van der Waals surface area (Å²) >= 11 is 0.810. The quantitative estimate of drug-likeness (QED) is 0.305. The molecule has 1 aromatic carbocycles. The van der Waals surface area contributed by atoms with E-state index in [0.29, 0.717) is 39.7 Å². The van der Waals surface area contributed by atoms with Crippen molar-refractivity contribution in [1.82, 2.24) is 19.7 Å². The summed E-state index contributed by atoms with van der Waals surface area (Å²) in [6.45, 7) is 0.154. The highest BCUT2D eigenvalue weighted by Crippen LogP contribution is 2.37. The Morgan fingerprint density at radius 2 is 1.94 bits per heavy atom. The lowest BCUT2D eigenvalue weighted by atomic mass is 9.96. The molecule has 1 N–H and O–H groups in total. The lowest BCUT2D eigenvalue weighted by Crippen LogP contribution is -2.15. The summed E-state index contributed by atoms with van der Waals surface area (Å²) in [6, 6.07) is 8.41. The number of ether oxygens (including phenoxy) is 2. The molecule has 2 aliphatic rings. The van der Waals surface area contributed by atoms with Crippen LogP contribution >= 0.6 is 11.3 Å². The van der Waals surface area contributed by atoms with Crippen LogP contribution in [0.15, 0.2) is 36.5 Å². The van der Waals surface area contributed by atoms with Gasteiger partial charge in [0.15, 0.2) is 23.0 Å². The molecule has 0 spiro atoms. The molecule has 178 valence electrons. The Morgan fingerprint density at radius 1 is 1.11 bits per heavy atom. The molecule has 1 amide bonds. The summed E-state index contributed by atoms with van der Waals surface area (Å²) < 4.78 is 12.8. The van der Waals surface area contributed by atoms with E-state index in [0.717, 1.165) is 37.0 Å². The van der Waals surface area contributed by atoms with Gasteiger partial charge >= 0.3 is 5.00 Å². The Balaban J connectivity index is 1.43. The molecule has 1 fully saturated rings. The number of carbonyl (C=O) groups is 1. The van der Waals surface area contributed by atoms with Crippen molar-refractivity contribution in [3.8, 4) is 22.9 Å². The first-order chi connectivity index (χ1) is 17.1. The molecule has 12 heteroatoms. The van der Waals surface area contributed by atoms with Gasteiger partial charge in [-0.05, 0) is 37.1 Å². The largest absolute Gasteiger partial charge is 0.454 e. The first-order valence-corrected chi connectivity index (χ1v) is 12.1. The third-order valence-electron chi connectivity index (χ3n) is 6.23. The molecule has 0 saturated heterocycles. The number of anilines is 1. The molecule has 0 bridgehead atoms. The fraction of sp³-hybridized carbons (Fsp3) is 0.304. The number of benzene rings is 1. The number of carbonyl (C=O) groups excluding carboxylic acids is 1. The SMILES string of the molecule is O=C(Nc1nc(-c2ccc3c(c2)OCO3)nc2c1cnn2C1CCCCC1)c1ccc([N+](=O)[O-])s1. The molecule has 11 nitrogen and oxygen atoms in total. The second-order valence-corrected chi connectivity index (χ2v) is 9.49. The van der Waals surface area contributed by atoms with Crippen LogP contribution < -0.4 is 14.8 Å². The Labute approximate surface area is 202 Å². The Morgan fingerprint density at radius 3 is 2.74 bits per heavy atom. The number of amides is 1. The van der Waals surface area contributed by atoms with Crippen LogP contribution in [0.3, 0.4) is 0 Å². The predicted molar refractivity (Wildman–Crippen MR) is 128 cm³/mol. The second kappa shape index (κ2) is 8.62. The summed E-state index contributed by atoms with van der Waals surface area (Å²) in [5.41, 5.74) is 1.34. The van der Waals surface area contributed by atoms with Gasteiger partial charge in [0, 0.05) is 11.6 Å². The zero-order valence-corrected chi connectivity index (χ0v) is 19.3. The molecule has 4 aromatic rings. The van der Waals surface area contributed by atoms with Crippen LogP contribution in [0.5, 0.6) is 11.5 Å². The highest BCUT2D eigenvalue weighted by molar-refractivity contribution is 7.17. The van der Waals surface area contributed by atoms with E-state index in [4.69, 9.17) is 14.5 Å². The van der Waals surface area contributed by atoms with E-state index in [1.54, 1.807) is 18.3 Å². The number of nitro groups is 1. The first kappa shape index (κ1) is 21.5. The summed E-state index contributed by atoms with van der Waals surface area (Å²) in [6.07, 6.45) is 7.17. The molecule has 1 aliphatic carbocycles. The molecule has 1 aliphatic heterocycles. The second-order valence-electron chi connectivity index (χ2n) is 8.43. The van der Waals surface area contributed by atoms with Crippen molar-refractivity contribution in [2.45, 2.75) is 38.1 Å². The first-order valence-electron chi connectivity index (χ1n) is 11.3. The third-order valence-corrected chi connectivity index (χ3v) is 7.27. The van der Waals surface area contributed by atoms with Crippen LogP contribution in [0.2, 0.25) is 0 Å². The van der Waals surface area contributed by atoms with Gasteiger partial charge in [-0.25, -0.2) is 14.6 Å². The van der Waals surface area contributed by atoms with Gasteiger partial charge in [0.2, 0.25) is 6.79 Å². The van der Waals surface area contributed by atoms with Crippen molar-refractivity contribution in [3.63, 3.8) is 0 Å². The van der Waals surface area contributed by atoms with Gasteiger partial charge in [-0.3, -0.25) is 14.9 Å². The maximum absolute atomic E-state index is 13.0. The van der Waals surface area contributed by atoms with Crippen molar-refractivity contribution < 1.29 is 19.2 Å². The van der Waals surface area contributed by atoms with Crippen molar-refractivity contribution in [1.29, 1.82) is 0 Å². The average molecular weight is 493 g/mol. The predicted octanol–water partition coefficient (Wildman–Crippen LogP) is 4.95. The Hall–Kier alpha value is -4.06. The van der Waals surface area contributed by atoms with Crippen LogP contribution in [0.1, 0.15) is 47.8 Å². The van der Waals surface area contributed by atoms with Crippen molar-refractivity contribution in [3.05, 3.63) is 51.5 Å². The molecular formula is C23H20N6O5S. The number of fused-ring (bicyclic) bond motifs is 2. The van der Waals surface area contributed by atoms with E-state index >= 15 is 0 Å². The van der Waals surface area contributed by atoms with Crippen LogP contribution in [0.25, 0.3) is 22.4 Å². The smallest absolute Gasteiger partial charge is 0.324 e.